The van der Waals surface area contributed by atoms with Crippen LogP contribution in [0.2, 0.25) is 0 Å². The molecule has 3 heteroatoms. The van der Waals surface area contributed by atoms with Gasteiger partial charge in [-0.05, 0) is 80.5 Å². The van der Waals surface area contributed by atoms with Gasteiger partial charge in [0.15, 0.2) is 0 Å². The van der Waals surface area contributed by atoms with E-state index in [-0.39, 0.29) is 11.9 Å². The molecule has 0 N–H and O–H groups in total. The van der Waals surface area contributed by atoms with Crippen LogP contribution in [0.3, 0.4) is 0 Å². The number of ether oxygens (including phenoxy) is 2. The van der Waals surface area contributed by atoms with E-state index in [9.17, 15) is 4.79 Å². The number of esters is 1. The minimum Gasteiger partial charge on any atom is -0.494 e. The van der Waals surface area contributed by atoms with Crippen molar-refractivity contribution < 1.29 is 14.3 Å². The Labute approximate surface area is 222 Å². The van der Waals surface area contributed by atoms with Crippen molar-refractivity contribution in [3.05, 3.63) is 24.3 Å². The first-order chi connectivity index (χ1) is 17.7. The first-order valence-corrected chi connectivity index (χ1v) is 15.6. The fourth-order valence-electron chi connectivity index (χ4n) is 6.39. The molecule has 0 amide bonds. The van der Waals surface area contributed by atoms with Crippen LogP contribution < -0.4 is 9.47 Å². The number of hydrogen-bond donors (Lipinski definition) is 0. The lowest BCUT2D eigenvalue weighted by atomic mass is 9.78. The molecule has 204 valence electrons. The largest absolute Gasteiger partial charge is 0.494 e. The van der Waals surface area contributed by atoms with Crippen LogP contribution in [0.15, 0.2) is 24.3 Å². The van der Waals surface area contributed by atoms with E-state index in [0.29, 0.717) is 5.75 Å². The van der Waals surface area contributed by atoms with Crippen molar-refractivity contribution >= 4 is 5.97 Å². The van der Waals surface area contributed by atoms with E-state index < -0.39 is 0 Å². The van der Waals surface area contributed by atoms with E-state index in [1.807, 2.05) is 24.3 Å². The maximum atomic E-state index is 12.6. The van der Waals surface area contributed by atoms with E-state index in [0.717, 1.165) is 49.4 Å². The Morgan fingerprint density at radius 2 is 1.14 bits per heavy atom. The average molecular weight is 499 g/mol. The summed E-state index contributed by atoms with van der Waals surface area (Å²) in [4.78, 5) is 12.6. The molecule has 36 heavy (non-hydrogen) atoms. The van der Waals surface area contributed by atoms with E-state index in [1.165, 1.54) is 103 Å². The van der Waals surface area contributed by atoms with Gasteiger partial charge in [0, 0.05) is 0 Å². The zero-order chi connectivity index (χ0) is 25.4. The Bertz CT molecular complexity index is 696. The molecule has 0 heterocycles. The number of benzene rings is 1. The minimum absolute atomic E-state index is 0.0520. The van der Waals surface area contributed by atoms with Crippen LogP contribution in [0.1, 0.15) is 136 Å². The number of rotatable bonds is 16. The Hall–Kier alpha value is -1.51. The molecule has 2 aliphatic rings. The van der Waals surface area contributed by atoms with Crippen LogP contribution in [0, 0.1) is 23.7 Å². The van der Waals surface area contributed by atoms with Crippen LogP contribution in [-0.2, 0) is 4.79 Å². The van der Waals surface area contributed by atoms with Crippen molar-refractivity contribution in [1.82, 2.24) is 0 Å². The molecule has 3 nitrogen and oxygen atoms in total. The van der Waals surface area contributed by atoms with Crippen LogP contribution in [0.25, 0.3) is 0 Å². The maximum absolute atomic E-state index is 12.6. The van der Waals surface area contributed by atoms with Crippen molar-refractivity contribution in [1.29, 1.82) is 0 Å². The van der Waals surface area contributed by atoms with E-state index in [4.69, 9.17) is 9.47 Å². The maximum Gasteiger partial charge on any atom is 0.314 e. The van der Waals surface area contributed by atoms with Gasteiger partial charge in [-0.2, -0.15) is 0 Å². The van der Waals surface area contributed by atoms with Crippen LogP contribution in [0.4, 0.5) is 0 Å². The molecular formula is C33H54O3. The molecule has 2 saturated carbocycles. The van der Waals surface area contributed by atoms with Gasteiger partial charge in [0.2, 0.25) is 0 Å². The summed E-state index contributed by atoms with van der Waals surface area (Å²) in [6, 6.07) is 7.64. The third-order valence-corrected chi connectivity index (χ3v) is 8.90. The number of hydrogen-bond acceptors (Lipinski definition) is 3. The predicted octanol–water partition coefficient (Wildman–Crippen LogP) is 9.91. The summed E-state index contributed by atoms with van der Waals surface area (Å²) in [7, 11) is 0. The van der Waals surface area contributed by atoms with Crippen LogP contribution >= 0.6 is 0 Å². The molecule has 0 aliphatic heterocycles. The minimum atomic E-state index is -0.0520. The molecule has 3 rings (SSSR count). The van der Waals surface area contributed by atoms with Gasteiger partial charge in [-0.3, -0.25) is 4.79 Å². The van der Waals surface area contributed by atoms with Gasteiger partial charge in [0.05, 0.1) is 12.5 Å². The molecule has 0 atom stereocenters. The number of carbonyl (C=O) groups is 1. The molecule has 0 radical (unpaired) electrons. The summed E-state index contributed by atoms with van der Waals surface area (Å²) in [5, 5.41) is 0. The predicted molar refractivity (Wildman–Crippen MR) is 151 cm³/mol. The highest BCUT2D eigenvalue weighted by Crippen LogP contribution is 2.35. The highest BCUT2D eigenvalue weighted by molar-refractivity contribution is 5.75. The van der Waals surface area contributed by atoms with Gasteiger partial charge in [-0.1, -0.05) is 97.3 Å². The fourth-order valence-corrected chi connectivity index (χ4v) is 6.39. The van der Waals surface area contributed by atoms with Crippen molar-refractivity contribution in [3.63, 3.8) is 0 Å². The molecule has 1 aromatic carbocycles. The lowest BCUT2D eigenvalue weighted by molar-refractivity contribution is -0.140. The van der Waals surface area contributed by atoms with Gasteiger partial charge in [0.25, 0.3) is 0 Å². The highest BCUT2D eigenvalue weighted by Gasteiger charge is 2.27. The molecule has 2 fully saturated rings. The molecule has 0 unspecified atom stereocenters. The molecule has 0 saturated heterocycles. The average Bonchev–Trinajstić information content (AvgIpc) is 2.91. The Morgan fingerprint density at radius 3 is 1.75 bits per heavy atom. The summed E-state index contributed by atoms with van der Waals surface area (Å²) in [5.74, 6) is 4.23. The Morgan fingerprint density at radius 1 is 0.639 bits per heavy atom. The summed E-state index contributed by atoms with van der Waals surface area (Å²) in [6.07, 6.45) is 24.9. The number of carbonyl (C=O) groups excluding carboxylic acids is 1. The zero-order valence-corrected chi connectivity index (χ0v) is 23.5. The summed E-state index contributed by atoms with van der Waals surface area (Å²) < 4.78 is 11.7. The standard InChI is InChI=1S/C33H54O3/c1-3-5-7-8-9-12-28-14-16-29(17-15-28)13-10-26-35-31-22-24-32(25-23-31)36-33(34)30-20-18-27(19-21-30)11-6-4-2/h22-25,27-30H,3-21,26H2,1-2H3/t27-,28-,29-,30-. The van der Waals surface area contributed by atoms with E-state index in [1.54, 1.807) is 0 Å². The summed E-state index contributed by atoms with van der Waals surface area (Å²) in [5.41, 5.74) is 0. The highest BCUT2D eigenvalue weighted by atomic mass is 16.5. The Balaban J connectivity index is 1.23. The van der Waals surface area contributed by atoms with Gasteiger partial charge in [-0.25, -0.2) is 0 Å². The second kappa shape index (κ2) is 17.1. The second-order valence-corrected chi connectivity index (χ2v) is 11.8. The third kappa shape index (κ3) is 10.9. The Kier molecular flexibility index (Phi) is 13.8. The number of unbranched alkanes of at least 4 members (excludes halogenated alkanes) is 5. The normalized spacial score (nSPS) is 24.4. The first kappa shape index (κ1) is 29.1. The molecule has 0 bridgehead atoms. The monoisotopic (exact) mass is 498 g/mol. The fraction of sp³-hybridized carbons (Fsp3) is 0.788. The van der Waals surface area contributed by atoms with Crippen molar-refractivity contribution in [2.45, 2.75) is 136 Å². The SMILES string of the molecule is CCCCCCC[C@H]1CC[C@H](CCCOc2ccc(OC(=O)[C@H]3CC[C@H](CCCC)CC3)cc2)CC1. The first-order valence-electron chi connectivity index (χ1n) is 15.6. The quantitative estimate of drug-likeness (QED) is 0.129. The van der Waals surface area contributed by atoms with Crippen molar-refractivity contribution in [2.75, 3.05) is 6.61 Å². The summed E-state index contributed by atoms with van der Waals surface area (Å²) in [6.45, 7) is 5.32. The van der Waals surface area contributed by atoms with Gasteiger partial charge in [0.1, 0.15) is 11.5 Å². The molecule has 0 spiro atoms. The van der Waals surface area contributed by atoms with Crippen LogP contribution in [0.5, 0.6) is 11.5 Å². The zero-order valence-electron chi connectivity index (χ0n) is 23.5. The molecule has 0 aromatic heterocycles. The molecule has 1 aromatic rings. The van der Waals surface area contributed by atoms with E-state index >= 15 is 0 Å². The topological polar surface area (TPSA) is 35.5 Å². The van der Waals surface area contributed by atoms with Crippen molar-refractivity contribution in [2.24, 2.45) is 23.7 Å². The lowest BCUT2D eigenvalue weighted by Crippen LogP contribution is -2.25. The van der Waals surface area contributed by atoms with Gasteiger partial charge >= 0.3 is 5.97 Å². The van der Waals surface area contributed by atoms with Crippen LogP contribution in [-0.4, -0.2) is 12.6 Å². The molecular weight excluding hydrogens is 444 g/mol. The van der Waals surface area contributed by atoms with E-state index in [2.05, 4.69) is 13.8 Å². The smallest absolute Gasteiger partial charge is 0.314 e. The van der Waals surface area contributed by atoms with Gasteiger partial charge in [-0.15, -0.1) is 0 Å². The van der Waals surface area contributed by atoms with Crippen molar-refractivity contribution in [3.8, 4) is 11.5 Å². The summed E-state index contributed by atoms with van der Waals surface area (Å²) >= 11 is 0. The lowest BCUT2D eigenvalue weighted by Gasteiger charge is -2.28. The molecule has 2 aliphatic carbocycles. The third-order valence-electron chi connectivity index (χ3n) is 8.90. The second-order valence-electron chi connectivity index (χ2n) is 11.8. The van der Waals surface area contributed by atoms with Gasteiger partial charge < -0.3 is 9.47 Å².